The van der Waals surface area contributed by atoms with E-state index in [9.17, 15) is 5.11 Å². The van der Waals surface area contributed by atoms with Crippen molar-refractivity contribution in [1.82, 2.24) is 0 Å². The largest absolute Gasteiger partial charge is 0.496 e. The van der Waals surface area contributed by atoms with Gasteiger partial charge in [0.1, 0.15) is 5.75 Å². The van der Waals surface area contributed by atoms with Crippen LogP contribution in [0, 0.1) is 24.7 Å². The molecule has 2 heteroatoms. The van der Waals surface area contributed by atoms with E-state index in [4.69, 9.17) is 4.74 Å². The predicted molar refractivity (Wildman–Crippen MR) is 85.5 cm³/mol. The topological polar surface area (TPSA) is 29.5 Å². The molecule has 0 aliphatic heterocycles. The van der Waals surface area contributed by atoms with Gasteiger partial charge in [0, 0.05) is 0 Å². The summed E-state index contributed by atoms with van der Waals surface area (Å²) in [4.78, 5) is 0. The second-order valence-corrected chi connectivity index (χ2v) is 7.05. The van der Waals surface area contributed by atoms with E-state index in [1.807, 2.05) is 19.1 Å². The normalized spacial score (nSPS) is 30.5. The van der Waals surface area contributed by atoms with Crippen LogP contribution < -0.4 is 4.74 Å². The third-order valence-electron chi connectivity index (χ3n) is 5.79. The van der Waals surface area contributed by atoms with Crippen LogP contribution in [-0.2, 0) is 0 Å². The van der Waals surface area contributed by atoms with Gasteiger partial charge in [-0.2, -0.15) is 0 Å². The van der Waals surface area contributed by atoms with Gasteiger partial charge in [-0.25, -0.2) is 0 Å². The number of rotatable bonds is 3. The number of hydrogen-bond donors (Lipinski definition) is 1. The predicted octanol–water partition coefficient (Wildman–Crippen LogP) is 4.64. The Kier molecular flexibility index (Phi) is 4.54. The number of aliphatic hydroxyl groups is 1. The van der Waals surface area contributed by atoms with E-state index < -0.39 is 0 Å². The zero-order valence-corrected chi connectivity index (χ0v) is 13.3. The minimum absolute atomic E-state index is 0.308. The number of methoxy groups -OCH3 is 1. The van der Waals surface area contributed by atoms with Crippen molar-refractivity contribution in [3.63, 3.8) is 0 Å². The standard InChI is InChI=1S/C19H28O2/c1-13-11-16(9-10-18(13)21-2)19(20)17-8-7-14-5-3-4-6-15(14)12-17/h9-11,14-15,17,19-20H,3-8,12H2,1-2H3. The van der Waals surface area contributed by atoms with Crippen molar-refractivity contribution >= 4 is 0 Å². The van der Waals surface area contributed by atoms with Gasteiger partial charge >= 0.3 is 0 Å². The molecule has 0 heterocycles. The highest BCUT2D eigenvalue weighted by molar-refractivity contribution is 5.37. The molecule has 2 saturated carbocycles. The van der Waals surface area contributed by atoms with Gasteiger partial charge in [-0.15, -0.1) is 0 Å². The van der Waals surface area contributed by atoms with Gasteiger partial charge in [0.05, 0.1) is 13.2 Å². The van der Waals surface area contributed by atoms with Crippen LogP contribution in [0.3, 0.4) is 0 Å². The third-order valence-corrected chi connectivity index (χ3v) is 5.79. The first-order valence-corrected chi connectivity index (χ1v) is 8.51. The molecule has 2 fully saturated rings. The number of benzene rings is 1. The molecular weight excluding hydrogens is 260 g/mol. The lowest BCUT2D eigenvalue weighted by Gasteiger charge is -2.41. The summed E-state index contributed by atoms with van der Waals surface area (Å²) in [5.41, 5.74) is 2.17. The number of aryl methyl sites for hydroxylation is 1. The fraction of sp³-hybridized carbons (Fsp3) is 0.684. The van der Waals surface area contributed by atoms with E-state index in [1.165, 1.54) is 44.9 Å². The molecule has 1 aromatic rings. The highest BCUT2D eigenvalue weighted by Crippen LogP contribution is 2.46. The Morgan fingerprint density at radius 2 is 1.86 bits per heavy atom. The Labute approximate surface area is 128 Å². The second-order valence-electron chi connectivity index (χ2n) is 7.05. The van der Waals surface area contributed by atoms with Gasteiger partial charge in [-0.3, -0.25) is 0 Å². The number of fused-ring (bicyclic) bond motifs is 1. The fourth-order valence-electron chi connectivity index (χ4n) is 4.55. The lowest BCUT2D eigenvalue weighted by molar-refractivity contribution is 0.0349. The average Bonchev–Trinajstić information content (AvgIpc) is 2.53. The Balaban J connectivity index is 1.70. The first-order chi connectivity index (χ1) is 10.2. The third kappa shape index (κ3) is 3.11. The summed E-state index contributed by atoms with van der Waals surface area (Å²) < 4.78 is 5.31. The summed E-state index contributed by atoms with van der Waals surface area (Å²) >= 11 is 0. The fourth-order valence-corrected chi connectivity index (χ4v) is 4.55. The van der Waals surface area contributed by atoms with Gasteiger partial charge in [0.15, 0.2) is 0 Å². The molecule has 0 radical (unpaired) electrons. The molecule has 2 aliphatic rings. The zero-order chi connectivity index (χ0) is 14.8. The zero-order valence-electron chi connectivity index (χ0n) is 13.3. The van der Waals surface area contributed by atoms with Gasteiger partial charge < -0.3 is 9.84 Å². The summed E-state index contributed by atoms with van der Waals surface area (Å²) in [6, 6.07) is 6.11. The molecule has 4 unspecified atom stereocenters. The molecule has 0 amide bonds. The average molecular weight is 288 g/mol. The van der Waals surface area contributed by atoms with Crippen molar-refractivity contribution in [3.05, 3.63) is 29.3 Å². The van der Waals surface area contributed by atoms with Crippen LogP contribution in [0.15, 0.2) is 18.2 Å². The van der Waals surface area contributed by atoms with E-state index >= 15 is 0 Å². The molecule has 0 spiro atoms. The Morgan fingerprint density at radius 1 is 1.10 bits per heavy atom. The molecule has 0 aromatic heterocycles. The van der Waals surface area contributed by atoms with Crippen LogP contribution in [0.1, 0.15) is 62.2 Å². The van der Waals surface area contributed by atoms with Crippen LogP contribution in [0.4, 0.5) is 0 Å². The van der Waals surface area contributed by atoms with E-state index in [1.54, 1.807) is 7.11 Å². The number of hydrogen-bond acceptors (Lipinski definition) is 2. The van der Waals surface area contributed by atoms with Crippen LogP contribution in [-0.4, -0.2) is 12.2 Å². The monoisotopic (exact) mass is 288 g/mol. The van der Waals surface area contributed by atoms with Gasteiger partial charge in [0.2, 0.25) is 0 Å². The van der Waals surface area contributed by atoms with Crippen LogP contribution in [0.25, 0.3) is 0 Å². The molecule has 0 bridgehead atoms. The smallest absolute Gasteiger partial charge is 0.121 e. The molecule has 2 aliphatic carbocycles. The molecular formula is C19H28O2. The summed E-state index contributed by atoms with van der Waals surface area (Å²) in [6.07, 6.45) is 9.05. The molecule has 21 heavy (non-hydrogen) atoms. The van der Waals surface area contributed by atoms with Gasteiger partial charge in [0.25, 0.3) is 0 Å². The second kappa shape index (κ2) is 6.39. The first-order valence-electron chi connectivity index (χ1n) is 8.51. The van der Waals surface area contributed by atoms with Crippen LogP contribution in [0.2, 0.25) is 0 Å². The van der Waals surface area contributed by atoms with Gasteiger partial charge in [-0.05, 0) is 67.2 Å². The maximum absolute atomic E-state index is 10.8. The molecule has 1 N–H and O–H groups in total. The van der Waals surface area contributed by atoms with Crippen molar-refractivity contribution in [2.45, 2.75) is 58.0 Å². The number of ether oxygens (including phenoxy) is 1. The quantitative estimate of drug-likeness (QED) is 0.877. The van der Waals surface area contributed by atoms with E-state index in [2.05, 4.69) is 6.07 Å². The molecule has 116 valence electrons. The summed E-state index contributed by atoms with van der Waals surface area (Å²) in [5.74, 6) is 3.16. The van der Waals surface area contributed by atoms with Crippen molar-refractivity contribution < 1.29 is 9.84 Å². The molecule has 3 rings (SSSR count). The van der Waals surface area contributed by atoms with E-state index in [0.717, 1.165) is 28.7 Å². The Hall–Kier alpha value is -1.02. The minimum atomic E-state index is -0.308. The molecule has 2 nitrogen and oxygen atoms in total. The molecule has 1 aromatic carbocycles. The van der Waals surface area contributed by atoms with E-state index in [-0.39, 0.29) is 6.10 Å². The molecule has 0 saturated heterocycles. The summed E-state index contributed by atoms with van der Waals surface area (Å²) in [7, 11) is 1.70. The lowest BCUT2D eigenvalue weighted by atomic mass is 9.66. The van der Waals surface area contributed by atoms with Crippen molar-refractivity contribution in [1.29, 1.82) is 0 Å². The summed E-state index contributed by atoms with van der Waals surface area (Å²) in [6.45, 7) is 2.05. The molecule has 4 atom stereocenters. The van der Waals surface area contributed by atoms with E-state index in [0.29, 0.717) is 5.92 Å². The number of aliphatic hydroxyl groups excluding tert-OH is 1. The Bertz CT molecular complexity index is 482. The van der Waals surface area contributed by atoms with Crippen molar-refractivity contribution in [2.24, 2.45) is 17.8 Å². The lowest BCUT2D eigenvalue weighted by Crippen LogP contribution is -2.30. The maximum atomic E-state index is 10.8. The van der Waals surface area contributed by atoms with Crippen LogP contribution >= 0.6 is 0 Å². The highest BCUT2D eigenvalue weighted by atomic mass is 16.5. The first kappa shape index (κ1) is 14.9. The summed E-state index contributed by atoms with van der Waals surface area (Å²) in [5, 5.41) is 10.8. The minimum Gasteiger partial charge on any atom is -0.496 e. The highest BCUT2D eigenvalue weighted by Gasteiger charge is 2.35. The van der Waals surface area contributed by atoms with Crippen LogP contribution in [0.5, 0.6) is 5.75 Å². The maximum Gasteiger partial charge on any atom is 0.121 e. The van der Waals surface area contributed by atoms with Gasteiger partial charge in [-0.1, -0.05) is 31.7 Å². The Morgan fingerprint density at radius 3 is 2.57 bits per heavy atom. The van der Waals surface area contributed by atoms with Crippen molar-refractivity contribution in [2.75, 3.05) is 7.11 Å². The van der Waals surface area contributed by atoms with Crippen molar-refractivity contribution in [3.8, 4) is 5.75 Å². The SMILES string of the molecule is COc1ccc(C(O)C2CCC3CCCCC3C2)cc1C.